The third-order valence-electron chi connectivity index (χ3n) is 2.04. The first-order valence-electron chi connectivity index (χ1n) is 4.25. The highest BCUT2D eigenvalue weighted by molar-refractivity contribution is 9.10. The molecule has 0 aliphatic heterocycles. The van der Waals surface area contributed by atoms with E-state index in [1.165, 1.54) is 26.3 Å². The topological polar surface area (TPSA) is 29.5 Å². The summed E-state index contributed by atoms with van der Waals surface area (Å²) in [6.07, 6.45) is 0. The average Bonchev–Trinajstić information content (AvgIpc) is 2.21. The number of rotatable bonds is 2. The molecule has 0 bridgehead atoms. The van der Waals surface area contributed by atoms with Crippen LogP contribution in [-0.4, -0.2) is 25.1 Å². The molecule has 0 saturated carbocycles. The molecule has 0 unspecified atom stereocenters. The third kappa shape index (κ3) is 2.54. The van der Waals surface area contributed by atoms with Gasteiger partial charge in [0.25, 0.3) is 5.91 Å². The van der Waals surface area contributed by atoms with Crippen LogP contribution in [-0.2, 0) is 4.84 Å². The van der Waals surface area contributed by atoms with Gasteiger partial charge in [-0.25, -0.2) is 9.45 Å². The first kappa shape index (κ1) is 12.1. The fourth-order valence-corrected chi connectivity index (χ4v) is 1.56. The second-order valence-electron chi connectivity index (χ2n) is 3.07. The fraction of sp³-hybridized carbons (Fsp3) is 0.300. The van der Waals surface area contributed by atoms with Crippen LogP contribution in [0.1, 0.15) is 15.9 Å². The zero-order valence-electron chi connectivity index (χ0n) is 8.67. The maximum atomic E-state index is 13.1. The number of amides is 1. The summed E-state index contributed by atoms with van der Waals surface area (Å²) < 4.78 is 13.5. The maximum absolute atomic E-state index is 13.1. The van der Waals surface area contributed by atoms with Crippen LogP contribution in [0.25, 0.3) is 0 Å². The first-order chi connectivity index (χ1) is 6.97. The van der Waals surface area contributed by atoms with Crippen LogP contribution < -0.4 is 0 Å². The van der Waals surface area contributed by atoms with Crippen molar-refractivity contribution in [2.45, 2.75) is 6.92 Å². The highest BCUT2D eigenvalue weighted by Crippen LogP contribution is 2.22. The molecule has 1 aromatic rings. The Labute approximate surface area is 95.9 Å². The van der Waals surface area contributed by atoms with E-state index in [0.717, 1.165) is 5.06 Å². The summed E-state index contributed by atoms with van der Waals surface area (Å²) in [5, 5.41) is 1.08. The number of carbonyl (C=O) groups is 1. The molecule has 0 N–H and O–H groups in total. The lowest BCUT2D eigenvalue weighted by Crippen LogP contribution is -2.25. The lowest BCUT2D eigenvalue weighted by atomic mass is 10.1. The largest absolute Gasteiger partial charge is 0.278 e. The SMILES string of the molecule is CON(C)C(=O)c1cc(C)c(F)cc1Br. The summed E-state index contributed by atoms with van der Waals surface area (Å²) in [5.74, 6) is -0.675. The Kier molecular flexibility index (Phi) is 3.82. The molecule has 1 rings (SSSR count). The van der Waals surface area contributed by atoms with Gasteiger partial charge in [-0.15, -0.1) is 0 Å². The van der Waals surface area contributed by atoms with Crippen molar-refractivity contribution in [3.63, 3.8) is 0 Å². The van der Waals surface area contributed by atoms with E-state index in [1.54, 1.807) is 6.92 Å². The minimum absolute atomic E-state index is 0.326. The number of aryl methyl sites for hydroxylation is 1. The molecule has 1 aromatic carbocycles. The summed E-state index contributed by atoms with van der Waals surface area (Å²) in [4.78, 5) is 16.5. The number of nitrogens with zero attached hydrogens (tertiary/aromatic N) is 1. The number of benzene rings is 1. The zero-order chi connectivity index (χ0) is 11.6. The van der Waals surface area contributed by atoms with Crippen LogP contribution >= 0.6 is 15.9 Å². The van der Waals surface area contributed by atoms with Gasteiger partial charge >= 0.3 is 0 Å². The highest BCUT2D eigenvalue weighted by atomic mass is 79.9. The maximum Gasteiger partial charge on any atom is 0.278 e. The molecule has 5 heteroatoms. The van der Waals surface area contributed by atoms with Crippen LogP contribution in [0.15, 0.2) is 16.6 Å². The average molecular weight is 276 g/mol. The Morgan fingerprint density at radius 3 is 2.67 bits per heavy atom. The number of hydroxylamine groups is 2. The molecule has 0 heterocycles. The number of carbonyl (C=O) groups excluding carboxylic acids is 1. The second-order valence-corrected chi connectivity index (χ2v) is 3.92. The van der Waals surface area contributed by atoms with Crippen molar-refractivity contribution in [3.05, 3.63) is 33.5 Å². The predicted molar refractivity (Wildman–Crippen MR) is 57.9 cm³/mol. The molecule has 0 aromatic heterocycles. The van der Waals surface area contributed by atoms with Crippen molar-refractivity contribution in [2.75, 3.05) is 14.2 Å². The third-order valence-corrected chi connectivity index (χ3v) is 2.69. The lowest BCUT2D eigenvalue weighted by molar-refractivity contribution is -0.0757. The molecule has 0 radical (unpaired) electrons. The second kappa shape index (κ2) is 4.72. The quantitative estimate of drug-likeness (QED) is 0.777. The van der Waals surface area contributed by atoms with Crippen molar-refractivity contribution >= 4 is 21.8 Å². The van der Waals surface area contributed by atoms with Gasteiger partial charge in [0.15, 0.2) is 0 Å². The molecule has 0 aliphatic rings. The van der Waals surface area contributed by atoms with E-state index in [1.807, 2.05) is 0 Å². The van der Waals surface area contributed by atoms with Gasteiger partial charge in [-0.3, -0.25) is 9.63 Å². The van der Waals surface area contributed by atoms with Crippen molar-refractivity contribution in [1.29, 1.82) is 0 Å². The minimum atomic E-state index is -0.349. The van der Waals surface area contributed by atoms with Crippen LogP contribution in [0.3, 0.4) is 0 Å². The summed E-state index contributed by atoms with van der Waals surface area (Å²) in [5.41, 5.74) is 0.796. The van der Waals surface area contributed by atoms with Crippen LogP contribution in [0, 0.1) is 12.7 Å². The Balaban J connectivity index is 3.15. The molecule has 0 atom stereocenters. The molecule has 15 heavy (non-hydrogen) atoms. The molecule has 0 spiro atoms. The Hall–Kier alpha value is -0.940. The summed E-state index contributed by atoms with van der Waals surface area (Å²) >= 11 is 3.14. The Morgan fingerprint density at radius 2 is 2.13 bits per heavy atom. The number of halogens is 2. The van der Waals surface area contributed by atoms with Crippen LogP contribution in [0.2, 0.25) is 0 Å². The normalized spacial score (nSPS) is 10.2. The number of hydrogen-bond acceptors (Lipinski definition) is 2. The summed E-state index contributed by atoms with van der Waals surface area (Å²) in [6.45, 7) is 1.60. The van der Waals surface area contributed by atoms with E-state index < -0.39 is 0 Å². The number of hydrogen-bond donors (Lipinski definition) is 0. The smallest absolute Gasteiger partial charge is 0.274 e. The Morgan fingerprint density at radius 1 is 1.53 bits per heavy atom. The van der Waals surface area contributed by atoms with Gasteiger partial charge in [0.05, 0.1) is 12.7 Å². The van der Waals surface area contributed by atoms with E-state index >= 15 is 0 Å². The highest BCUT2D eigenvalue weighted by Gasteiger charge is 2.16. The van der Waals surface area contributed by atoms with Gasteiger partial charge < -0.3 is 0 Å². The predicted octanol–water partition coefficient (Wildman–Crippen LogP) is 2.53. The van der Waals surface area contributed by atoms with Crippen LogP contribution in [0.4, 0.5) is 4.39 Å². The Bertz CT molecular complexity index is 395. The van der Waals surface area contributed by atoms with Gasteiger partial charge in [-0.2, -0.15) is 0 Å². The molecule has 0 aliphatic carbocycles. The van der Waals surface area contributed by atoms with E-state index in [9.17, 15) is 9.18 Å². The zero-order valence-corrected chi connectivity index (χ0v) is 10.3. The van der Waals surface area contributed by atoms with Gasteiger partial charge in [0.2, 0.25) is 0 Å². The standard InChI is InChI=1S/C10H11BrFNO2/c1-6-4-7(8(11)5-9(6)12)10(14)13(2)15-3/h4-5H,1-3H3. The van der Waals surface area contributed by atoms with Gasteiger partial charge in [-0.1, -0.05) is 0 Å². The molecule has 0 saturated heterocycles. The first-order valence-corrected chi connectivity index (χ1v) is 5.04. The molecule has 0 fully saturated rings. The fourth-order valence-electron chi connectivity index (χ4n) is 1.07. The molecular formula is C10H11BrFNO2. The molecule has 1 amide bonds. The monoisotopic (exact) mass is 275 g/mol. The minimum Gasteiger partial charge on any atom is -0.274 e. The van der Waals surface area contributed by atoms with E-state index in [4.69, 9.17) is 4.84 Å². The van der Waals surface area contributed by atoms with Crippen molar-refractivity contribution in [3.8, 4) is 0 Å². The van der Waals surface area contributed by atoms with Crippen molar-refractivity contribution in [1.82, 2.24) is 5.06 Å². The van der Waals surface area contributed by atoms with Gasteiger partial charge in [0.1, 0.15) is 5.82 Å². The van der Waals surface area contributed by atoms with E-state index in [-0.39, 0.29) is 11.7 Å². The van der Waals surface area contributed by atoms with Gasteiger partial charge in [-0.05, 0) is 40.5 Å². The van der Waals surface area contributed by atoms with Gasteiger partial charge in [0, 0.05) is 11.5 Å². The summed E-state index contributed by atoms with van der Waals surface area (Å²) in [6, 6.07) is 2.75. The van der Waals surface area contributed by atoms with Crippen molar-refractivity contribution < 1.29 is 14.0 Å². The molecule has 3 nitrogen and oxygen atoms in total. The van der Waals surface area contributed by atoms with Crippen LogP contribution in [0.5, 0.6) is 0 Å². The summed E-state index contributed by atoms with van der Waals surface area (Å²) in [7, 11) is 2.88. The van der Waals surface area contributed by atoms with E-state index in [0.29, 0.717) is 15.6 Å². The molecular weight excluding hydrogens is 265 g/mol. The molecule has 82 valence electrons. The lowest BCUT2D eigenvalue weighted by Gasteiger charge is -2.15. The van der Waals surface area contributed by atoms with Crippen molar-refractivity contribution in [2.24, 2.45) is 0 Å². The van der Waals surface area contributed by atoms with E-state index in [2.05, 4.69) is 15.9 Å².